The topological polar surface area (TPSA) is 73.5 Å². The minimum absolute atomic E-state index is 0.215. The van der Waals surface area contributed by atoms with E-state index in [9.17, 15) is 19.5 Å². The number of nitrogens with zero attached hydrogens (tertiary/aromatic N) is 1. The van der Waals surface area contributed by atoms with Gasteiger partial charge in [0, 0.05) is 11.6 Å². The van der Waals surface area contributed by atoms with E-state index in [4.69, 9.17) is 4.74 Å². The first kappa shape index (κ1) is 15.0. The van der Waals surface area contributed by atoms with Crippen LogP contribution in [0.25, 0.3) is 11.1 Å². The maximum absolute atomic E-state index is 14.1. The highest BCUT2D eigenvalue weighted by Gasteiger charge is 2.43. The number of carboxylic acids is 1. The fourth-order valence-electron chi connectivity index (χ4n) is 3.83. The van der Waals surface area contributed by atoms with E-state index in [0.29, 0.717) is 15.9 Å². The second kappa shape index (κ2) is 5.12. The molecule has 6 heteroatoms. The smallest absolute Gasteiger partial charge is 0.335 e. The number of hydrogen-bond donors (Lipinski definition) is 1. The first-order valence-corrected chi connectivity index (χ1v) is 8.08. The molecule has 0 fully saturated rings. The number of hydrogen-bond acceptors (Lipinski definition) is 3. The van der Waals surface area contributed by atoms with E-state index in [1.165, 1.54) is 12.3 Å². The van der Waals surface area contributed by atoms with Gasteiger partial charge in [0.2, 0.25) is 6.20 Å². The Bertz CT molecular complexity index is 1100. The molecule has 0 saturated heterocycles. The quantitative estimate of drug-likeness (QED) is 0.569. The monoisotopic (exact) mass is 349 g/mol. The third-order valence-corrected chi connectivity index (χ3v) is 5.02. The van der Waals surface area contributed by atoms with E-state index >= 15 is 0 Å². The van der Waals surface area contributed by atoms with E-state index in [2.05, 4.69) is 0 Å². The molecule has 26 heavy (non-hydrogen) atoms. The molecule has 5 rings (SSSR count). The summed E-state index contributed by atoms with van der Waals surface area (Å²) in [5.41, 5.74) is 4.91. The van der Waals surface area contributed by atoms with E-state index in [1.54, 1.807) is 18.2 Å². The van der Waals surface area contributed by atoms with Crippen LogP contribution in [0.5, 0.6) is 0 Å². The van der Waals surface area contributed by atoms with Crippen molar-refractivity contribution in [3.8, 4) is 11.1 Å². The predicted molar refractivity (Wildman–Crippen MR) is 89.0 cm³/mol. The molecule has 0 radical (unpaired) electrons. The van der Waals surface area contributed by atoms with Crippen molar-refractivity contribution >= 4 is 5.97 Å². The van der Waals surface area contributed by atoms with Crippen molar-refractivity contribution in [1.82, 2.24) is 0 Å². The molecule has 2 aromatic carbocycles. The fraction of sp³-hybridized carbons (Fsp3) is 0.100. The first-order valence-electron chi connectivity index (χ1n) is 8.08. The van der Waals surface area contributed by atoms with Crippen LogP contribution in [-0.4, -0.2) is 11.1 Å². The number of aromatic carboxylic acids is 1. The number of carboxylic acid groups (broad SMARTS) is 1. The third-order valence-electron chi connectivity index (χ3n) is 5.02. The number of rotatable bonds is 2. The van der Waals surface area contributed by atoms with Gasteiger partial charge < -0.3 is 15.1 Å². The Balaban J connectivity index is 1.62. The Labute approximate surface area is 147 Å². The van der Waals surface area contributed by atoms with Crippen molar-refractivity contribution in [2.45, 2.75) is 12.2 Å². The molecule has 1 aromatic heterocycles. The highest BCUT2D eigenvalue weighted by molar-refractivity contribution is 5.88. The van der Waals surface area contributed by atoms with Crippen LogP contribution in [0.15, 0.2) is 54.9 Å². The molecule has 1 N–H and O–H groups in total. The number of pyridine rings is 1. The normalized spacial score (nSPS) is 19.3. The second-order valence-electron chi connectivity index (χ2n) is 6.46. The van der Waals surface area contributed by atoms with E-state index < -0.39 is 11.8 Å². The summed E-state index contributed by atoms with van der Waals surface area (Å²) in [6.45, 7) is 0. The Morgan fingerprint density at radius 1 is 1.04 bits per heavy atom. The van der Waals surface area contributed by atoms with Crippen molar-refractivity contribution in [3.63, 3.8) is 0 Å². The van der Waals surface area contributed by atoms with Crippen LogP contribution in [0.2, 0.25) is 0 Å². The zero-order valence-corrected chi connectivity index (χ0v) is 13.3. The standard InChI is InChI=1S/C20H12FNO4/c21-17-9-22(25)6-5-12(17)10-1-3-13-15(7-10)19-16-8-11(20(23)24)2-4-14(16)18(13)26-19/h1-9,18-19H,(H,23,24)/t18-,19+/m0/s1. The largest absolute Gasteiger partial charge is 0.619 e. The van der Waals surface area contributed by atoms with Crippen molar-refractivity contribution < 1.29 is 23.8 Å². The molecule has 128 valence electrons. The average molecular weight is 349 g/mol. The average Bonchev–Trinajstić information content (AvgIpc) is 3.18. The summed E-state index contributed by atoms with van der Waals surface area (Å²) in [5, 5.41) is 20.4. The summed E-state index contributed by atoms with van der Waals surface area (Å²) in [7, 11) is 0. The van der Waals surface area contributed by atoms with Gasteiger partial charge in [0.15, 0.2) is 12.0 Å². The second-order valence-corrected chi connectivity index (χ2v) is 6.46. The van der Waals surface area contributed by atoms with E-state index in [0.717, 1.165) is 28.5 Å². The Morgan fingerprint density at radius 3 is 2.46 bits per heavy atom. The van der Waals surface area contributed by atoms with E-state index in [-0.39, 0.29) is 17.8 Å². The molecule has 0 unspecified atom stereocenters. The molecule has 0 amide bonds. The van der Waals surface area contributed by atoms with Crippen LogP contribution in [0.3, 0.4) is 0 Å². The lowest BCUT2D eigenvalue weighted by molar-refractivity contribution is -0.607. The summed E-state index contributed by atoms with van der Waals surface area (Å²) in [5.74, 6) is -1.58. The van der Waals surface area contributed by atoms with Crippen molar-refractivity contribution in [3.05, 3.63) is 93.7 Å². The SMILES string of the molecule is O=C(O)c1ccc2c(c1)[C@@H]1O[C@H]2c2ccc(-c3cc[n+]([O-])cc3F)cc21. The van der Waals surface area contributed by atoms with Crippen LogP contribution in [-0.2, 0) is 4.74 Å². The Morgan fingerprint density at radius 2 is 1.73 bits per heavy atom. The Kier molecular flexibility index (Phi) is 2.96. The van der Waals surface area contributed by atoms with Crippen LogP contribution in [0, 0.1) is 11.0 Å². The van der Waals surface area contributed by atoms with Gasteiger partial charge in [-0.1, -0.05) is 18.2 Å². The van der Waals surface area contributed by atoms with Gasteiger partial charge in [0.1, 0.15) is 12.2 Å². The number of aromatic nitrogens is 1. The van der Waals surface area contributed by atoms with Gasteiger partial charge in [0.05, 0.1) is 5.56 Å². The molecule has 0 spiro atoms. The predicted octanol–water partition coefficient (Wildman–Crippen LogP) is 3.35. The van der Waals surface area contributed by atoms with Crippen molar-refractivity contribution in [2.24, 2.45) is 0 Å². The maximum atomic E-state index is 14.1. The van der Waals surface area contributed by atoms with Gasteiger partial charge in [-0.15, -0.1) is 0 Å². The highest BCUT2D eigenvalue weighted by atomic mass is 19.1. The van der Waals surface area contributed by atoms with Gasteiger partial charge in [-0.2, -0.15) is 9.12 Å². The summed E-state index contributed by atoms with van der Waals surface area (Å²) >= 11 is 0. The van der Waals surface area contributed by atoms with Crippen LogP contribution in [0.4, 0.5) is 4.39 Å². The number of fused-ring (bicyclic) bond motifs is 8. The van der Waals surface area contributed by atoms with Gasteiger partial charge in [0.25, 0.3) is 0 Å². The molecule has 2 bridgehead atoms. The zero-order valence-electron chi connectivity index (χ0n) is 13.3. The van der Waals surface area contributed by atoms with Crippen LogP contribution < -0.4 is 4.73 Å². The van der Waals surface area contributed by atoms with E-state index in [1.807, 2.05) is 18.2 Å². The molecule has 2 aliphatic rings. The van der Waals surface area contributed by atoms with Gasteiger partial charge in [-0.3, -0.25) is 0 Å². The summed E-state index contributed by atoms with van der Waals surface area (Å²) in [6.07, 6.45) is 1.55. The minimum Gasteiger partial charge on any atom is -0.619 e. The lowest BCUT2D eigenvalue weighted by atomic mass is 9.84. The first-order chi connectivity index (χ1) is 12.5. The summed E-state index contributed by atoms with van der Waals surface area (Å²) < 4.78 is 20.6. The molecule has 2 atom stereocenters. The molecule has 3 aromatic rings. The molecule has 3 heterocycles. The van der Waals surface area contributed by atoms with Gasteiger partial charge in [-0.25, -0.2) is 4.79 Å². The number of halogens is 1. The van der Waals surface area contributed by atoms with Crippen molar-refractivity contribution in [2.75, 3.05) is 0 Å². The molecular weight excluding hydrogens is 337 g/mol. The summed E-state index contributed by atoms with van der Waals surface area (Å²) in [6, 6.07) is 12.0. The maximum Gasteiger partial charge on any atom is 0.335 e. The molecular formula is C20H12FNO4. The number of ether oxygens (including phenoxy) is 1. The van der Waals surface area contributed by atoms with Crippen LogP contribution >= 0.6 is 0 Å². The zero-order chi connectivity index (χ0) is 18.0. The number of benzene rings is 2. The Hall–Kier alpha value is -3.25. The lowest BCUT2D eigenvalue weighted by Crippen LogP contribution is -2.25. The molecule has 2 aliphatic heterocycles. The highest BCUT2D eigenvalue weighted by Crippen LogP contribution is 2.54. The fourth-order valence-corrected chi connectivity index (χ4v) is 3.83. The van der Waals surface area contributed by atoms with Crippen LogP contribution in [0.1, 0.15) is 44.8 Å². The minimum atomic E-state index is -0.984. The van der Waals surface area contributed by atoms with Gasteiger partial charge in [-0.05, 0) is 46.0 Å². The van der Waals surface area contributed by atoms with Crippen molar-refractivity contribution in [1.29, 1.82) is 0 Å². The third kappa shape index (κ3) is 1.99. The molecule has 0 aliphatic carbocycles. The summed E-state index contributed by atoms with van der Waals surface area (Å²) in [4.78, 5) is 11.2. The van der Waals surface area contributed by atoms with Gasteiger partial charge >= 0.3 is 5.97 Å². The lowest BCUT2D eigenvalue weighted by Gasteiger charge is -2.17. The molecule has 0 saturated carbocycles. The number of carbonyl (C=O) groups is 1. The molecule has 5 nitrogen and oxygen atoms in total.